The molecule has 8 heteroatoms. The third-order valence-electron chi connectivity index (χ3n) is 5.66. The van der Waals surface area contributed by atoms with Gasteiger partial charge in [-0.25, -0.2) is 0 Å². The number of hydrogen-bond acceptors (Lipinski definition) is 6. The molecule has 1 atom stereocenters. The highest BCUT2D eigenvalue weighted by molar-refractivity contribution is 9.10. The molecule has 0 radical (unpaired) electrons. The van der Waals surface area contributed by atoms with E-state index in [2.05, 4.69) is 60.6 Å². The highest BCUT2D eigenvalue weighted by atomic mass is 79.9. The van der Waals surface area contributed by atoms with Crippen LogP contribution in [0.5, 0.6) is 0 Å². The second-order valence-corrected chi connectivity index (χ2v) is 10.3. The van der Waals surface area contributed by atoms with E-state index >= 15 is 0 Å². The van der Waals surface area contributed by atoms with Gasteiger partial charge in [0.25, 0.3) is 0 Å². The third kappa shape index (κ3) is 7.42. The summed E-state index contributed by atoms with van der Waals surface area (Å²) in [6.07, 6.45) is 2.91. The van der Waals surface area contributed by atoms with Gasteiger partial charge in [0.1, 0.15) is 0 Å². The molecule has 1 aliphatic rings. The Hall–Kier alpha value is -2.16. The summed E-state index contributed by atoms with van der Waals surface area (Å²) in [6, 6.07) is 18.3. The zero-order valence-electron chi connectivity index (χ0n) is 18.6. The number of halogens is 1. The lowest BCUT2D eigenvalue weighted by Crippen LogP contribution is -2.43. The van der Waals surface area contributed by atoms with Crippen LogP contribution in [0, 0.1) is 5.92 Å². The molecule has 3 aromatic rings. The molecule has 0 aliphatic carbocycles. The van der Waals surface area contributed by atoms with Crippen molar-refractivity contribution in [1.29, 1.82) is 0 Å². The van der Waals surface area contributed by atoms with Crippen molar-refractivity contribution in [2.75, 3.05) is 25.4 Å². The molecule has 1 saturated heterocycles. The Morgan fingerprint density at radius 3 is 2.94 bits per heavy atom. The van der Waals surface area contributed by atoms with Crippen LogP contribution in [-0.4, -0.2) is 46.3 Å². The summed E-state index contributed by atoms with van der Waals surface area (Å²) in [6.45, 7) is 2.97. The topological polar surface area (TPSA) is 71.3 Å². The fourth-order valence-electron chi connectivity index (χ4n) is 3.96. The van der Waals surface area contributed by atoms with E-state index in [1.807, 2.05) is 42.1 Å². The lowest BCUT2D eigenvalue weighted by atomic mass is 9.97. The number of thioether (sulfide) groups is 1. The van der Waals surface area contributed by atoms with Crippen molar-refractivity contribution in [2.45, 2.75) is 31.6 Å². The Balaban J connectivity index is 1.17. The van der Waals surface area contributed by atoms with E-state index in [9.17, 15) is 4.79 Å². The van der Waals surface area contributed by atoms with E-state index in [-0.39, 0.29) is 11.8 Å². The minimum atomic E-state index is 0.0168. The number of carbonyl (C=O) groups is 1. The molecule has 0 spiro atoms. The van der Waals surface area contributed by atoms with Crippen molar-refractivity contribution in [1.82, 2.24) is 20.4 Å². The number of rotatable bonds is 10. The number of amides is 1. The minimum Gasteiger partial charge on any atom is -0.356 e. The summed E-state index contributed by atoms with van der Waals surface area (Å²) in [5.74, 6) is 3.41. The first kappa shape index (κ1) is 24.0. The van der Waals surface area contributed by atoms with Crippen LogP contribution in [0.15, 0.2) is 63.6 Å². The molecule has 1 fully saturated rings. The average Bonchev–Trinajstić information content (AvgIpc) is 3.30. The average molecular weight is 530 g/mol. The number of hydrogen-bond donors (Lipinski definition) is 1. The van der Waals surface area contributed by atoms with Crippen LogP contribution in [0.2, 0.25) is 0 Å². The van der Waals surface area contributed by atoms with E-state index in [1.54, 1.807) is 0 Å². The third-order valence-corrected chi connectivity index (χ3v) is 7.27. The minimum absolute atomic E-state index is 0.0168. The number of nitrogens with zero attached hydrogens (tertiary/aromatic N) is 3. The second-order valence-electron chi connectivity index (χ2n) is 8.28. The van der Waals surface area contributed by atoms with Gasteiger partial charge in [-0.05, 0) is 49.3 Å². The number of aromatic nitrogens is 2. The van der Waals surface area contributed by atoms with Gasteiger partial charge in [0, 0.05) is 28.9 Å². The van der Waals surface area contributed by atoms with Crippen LogP contribution in [0.1, 0.15) is 30.7 Å². The fourth-order valence-corrected chi connectivity index (χ4v) is 5.28. The first-order valence-electron chi connectivity index (χ1n) is 11.4. The van der Waals surface area contributed by atoms with Crippen LogP contribution >= 0.6 is 27.7 Å². The molecule has 33 heavy (non-hydrogen) atoms. The predicted octanol–water partition coefficient (Wildman–Crippen LogP) is 5.15. The molecule has 2 aromatic carbocycles. The summed E-state index contributed by atoms with van der Waals surface area (Å²) in [5.41, 5.74) is 2.26. The van der Waals surface area contributed by atoms with E-state index in [1.165, 1.54) is 5.56 Å². The summed E-state index contributed by atoms with van der Waals surface area (Å²) in [5, 5.41) is 7.25. The zero-order chi connectivity index (χ0) is 22.9. The smallest absolute Gasteiger partial charge is 0.241 e. The molecular weight excluding hydrogens is 500 g/mol. The van der Waals surface area contributed by atoms with E-state index in [4.69, 9.17) is 4.52 Å². The van der Waals surface area contributed by atoms with Gasteiger partial charge in [-0.2, -0.15) is 16.7 Å². The number of nitrogens with one attached hydrogen (secondary N) is 1. The SMILES string of the molecule is O=C(NCCCSCc1ccccc1)C1CCCN(Cc2nc(-c3cccc(Br)c3)no2)C1. The largest absolute Gasteiger partial charge is 0.356 e. The van der Waals surface area contributed by atoms with Crippen molar-refractivity contribution in [3.05, 3.63) is 70.5 Å². The molecule has 1 amide bonds. The van der Waals surface area contributed by atoms with E-state index in [0.717, 1.165) is 60.4 Å². The van der Waals surface area contributed by atoms with Gasteiger partial charge in [0.05, 0.1) is 12.5 Å². The van der Waals surface area contributed by atoms with Crippen LogP contribution in [-0.2, 0) is 17.1 Å². The van der Waals surface area contributed by atoms with Crippen LogP contribution in [0.3, 0.4) is 0 Å². The maximum Gasteiger partial charge on any atom is 0.241 e. The first-order valence-corrected chi connectivity index (χ1v) is 13.3. The molecular formula is C25H29BrN4O2S. The molecule has 6 nitrogen and oxygen atoms in total. The Bertz CT molecular complexity index is 1030. The monoisotopic (exact) mass is 528 g/mol. The Morgan fingerprint density at radius 2 is 2.09 bits per heavy atom. The van der Waals surface area contributed by atoms with Crippen molar-refractivity contribution in [3.8, 4) is 11.4 Å². The van der Waals surface area contributed by atoms with Gasteiger partial charge in [-0.3, -0.25) is 9.69 Å². The van der Waals surface area contributed by atoms with Gasteiger partial charge in [-0.1, -0.05) is 63.6 Å². The summed E-state index contributed by atoms with van der Waals surface area (Å²) in [4.78, 5) is 19.5. The molecule has 4 rings (SSSR count). The fraction of sp³-hybridized carbons (Fsp3) is 0.400. The molecule has 1 aliphatic heterocycles. The number of likely N-dealkylation sites (tertiary alicyclic amines) is 1. The van der Waals surface area contributed by atoms with Gasteiger partial charge in [0.15, 0.2) is 0 Å². The maximum absolute atomic E-state index is 12.7. The zero-order valence-corrected chi connectivity index (χ0v) is 21.0. The highest BCUT2D eigenvalue weighted by Crippen LogP contribution is 2.22. The van der Waals surface area contributed by atoms with E-state index in [0.29, 0.717) is 18.3 Å². The van der Waals surface area contributed by atoms with Gasteiger partial charge < -0.3 is 9.84 Å². The van der Waals surface area contributed by atoms with Crippen LogP contribution in [0.4, 0.5) is 0 Å². The normalized spacial score (nSPS) is 16.6. The molecule has 174 valence electrons. The standard InChI is InChI=1S/C25H29BrN4O2S/c26-22-11-4-9-20(15-22)24-28-23(32-29-24)17-30-13-5-10-21(16-30)25(31)27-12-6-14-33-18-19-7-2-1-3-8-19/h1-4,7-9,11,15,21H,5-6,10,12-14,16-18H2,(H,27,31). The summed E-state index contributed by atoms with van der Waals surface area (Å²) >= 11 is 5.38. The number of piperidine rings is 1. The molecule has 0 bridgehead atoms. The lowest BCUT2D eigenvalue weighted by Gasteiger charge is -2.30. The molecule has 1 unspecified atom stereocenters. The number of benzene rings is 2. The Morgan fingerprint density at radius 1 is 1.21 bits per heavy atom. The number of carbonyl (C=O) groups excluding carboxylic acids is 1. The molecule has 2 heterocycles. The van der Waals surface area contributed by atoms with Crippen molar-refractivity contribution in [2.24, 2.45) is 5.92 Å². The van der Waals surface area contributed by atoms with Crippen LogP contribution in [0.25, 0.3) is 11.4 Å². The van der Waals surface area contributed by atoms with Gasteiger partial charge in [-0.15, -0.1) is 0 Å². The van der Waals surface area contributed by atoms with Gasteiger partial charge >= 0.3 is 0 Å². The summed E-state index contributed by atoms with van der Waals surface area (Å²) < 4.78 is 6.45. The quantitative estimate of drug-likeness (QED) is 0.367. The second kappa shape index (κ2) is 12.3. The van der Waals surface area contributed by atoms with Crippen molar-refractivity contribution < 1.29 is 9.32 Å². The maximum atomic E-state index is 12.7. The Labute approximate surface area is 207 Å². The van der Waals surface area contributed by atoms with Crippen LogP contribution < -0.4 is 5.32 Å². The molecule has 1 N–H and O–H groups in total. The first-order chi connectivity index (χ1) is 16.2. The van der Waals surface area contributed by atoms with E-state index < -0.39 is 0 Å². The van der Waals surface area contributed by atoms with Gasteiger partial charge in [0.2, 0.25) is 17.6 Å². The van der Waals surface area contributed by atoms with Crippen molar-refractivity contribution in [3.63, 3.8) is 0 Å². The summed E-state index contributed by atoms with van der Waals surface area (Å²) in [7, 11) is 0. The molecule has 1 aromatic heterocycles. The molecule has 0 saturated carbocycles. The van der Waals surface area contributed by atoms with Crippen molar-refractivity contribution >= 4 is 33.6 Å². The highest BCUT2D eigenvalue weighted by Gasteiger charge is 2.26. The Kier molecular flexibility index (Phi) is 8.97. The predicted molar refractivity (Wildman–Crippen MR) is 136 cm³/mol. The lowest BCUT2D eigenvalue weighted by molar-refractivity contribution is -0.126.